The molecule has 0 amide bonds. The summed E-state index contributed by atoms with van der Waals surface area (Å²) >= 11 is 3.86. The van der Waals surface area contributed by atoms with Crippen LogP contribution in [0.2, 0.25) is 0 Å². The molecule has 0 spiro atoms. The Bertz CT molecular complexity index is 1940. The predicted octanol–water partition coefficient (Wildman–Crippen LogP) is 12.2. The maximum Gasteiger partial charge on any atom is 0.0493 e. The largest absolute Gasteiger partial charge is 0.310 e. The van der Waals surface area contributed by atoms with E-state index in [9.17, 15) is 0 Å². The maximum atomic E-state index is 3.86. The third kappa shape index (κ3) is 5.68. The van der Waals surface area contributed by atoms with Gasteiger partial charge in [-0.3, -0.25) is 0 Å². The fraction of sp³-hybridized carbons (Fsp3) is 0. The molecule has 7 aromatic carbocycles. The molecule has 0 saturated heterocycles. The van der Waals surface area contributed by atoms with Gasteiger partial charge in [-0.25, -0.2) is 0 Å². The van der Waals surface area contributed by atoms with E-state index in [0.717, 1.165) is 38.6 Å². The SMILES string of the molecule is Brc1cc(N(c2ccccc2)c2ccccc2)cc(N(c2ccccc2)c2ccc3cc(-c4ccccc4)ccc3c2)c1. The van der Waals surface area contributed by atoms with Gasteiger partial charge in [0.25, 0.3) is 0 Å². The van der Waals surface area contributed by atoms with Crippen molar-refractivity contribution < 1.29 is 0 Å². The van der Waals surface area contributed by atoms with E-state index >= 15 is 0 Å². The minimum Gasteiger partial charge on any atom is -0.310 e. The monoisotopic (exact) mass is 616 g/mol. The summed E-state index contributed by atoms with van der Waals surface area (Å²) in [5.74, 6) is 0. The molecule has 7 aromatic rings. The van der Waals surface area contributed by atoms with Gasteiger partial charge in [0.1, 0.15) is 0 Å². The van der Waals surface area contributed by atoms with Crippen molar-refractivity contribution >= 4 is 60.8 Å². The first-order valence-electron chi connectivity index (χ1n) is 14.4. The van der Waals surface area contributed by atoms with E-state index < -0.39 is 0 Å². The van der Waals surface area contributed by atoms with Crippen LogP contribution in [0.5, 0.6) is 0 Å². The highest BCUT2D eigenvalue weighted by Crippen LogP contribution is 2.42. The third-order valence-corrected chi connectivity index (χ3v) is 8.07. The normalized spacial score (nSPS) is 10.9. The number of anilines is 6. The van der Waals surface area contributed by atoms with Gasteiger partial charge in [-0.1, -0.05) is 119 Å². The lowest BCUT2D eigenvalue weighted by atomic mass is 10.0. The molecule has 0 saturated carbocycles. The zero-order valence-corrected chi connectivity index (χ0v) is 25.1. The Balaban J connectivity index is 1.36. The molecule has 0 unspecified atom stereocenters. The minimum atomic E-state index is 1.01. The van der Waals surface area contributed by atoms with Crippen LogP contribution in [0, 0.1) is 0 Å². The van der Waals surface area contributed by atoms with Crippen LogP contribution in [0.4, 0.5) is 34.1 Å². The highest BCUT2D eigenvalue weighted by atomic mass is 79.9. The first kappa shape index (κ1) is 26.8. The van der Waals surface area contributed by atoms with Gasteiger partial charge in [0, 0.05) is 38.6 Å². The fourth-order valence-corrected chi connectivity index (χ4v) is 6.09. The van der Waals surface area contributed by atoms with E-state index in [2.05, 4.69) is 202 Å². The maximum absolute atomic E-state index is 3.86. The number of hydrogen-bond acceptors (Lipinski definition) is 2. The molecule has 0 fully saturated rings. The number of nitrogens with zero attached hydrogens (tertiary/aromatic N) is 2. The third-order valence-electron chi connectivity index (χ3n) is 7.62. The van der Waals surface area contributed by atoms with Crippen LogP contribution >= 0.6 is 15.9 Å². The highest BCUT2D eigenvalue weighted by molar-refractivity contribution is 9.10. The lowest BCUT2D eigenvalue weighted by Crippen LogP contribution is -2.13. The molecule has 0 radical (unpaired) electrons. The summed E-state index contributed by atoms with van der Waals surface area (Å²) in [5, 5.41) is 2.41. The van der Waals surface area contributed by atoms with E-state index in [4.69, 9.17) is 0 Å². The topological polar surface area (TPSA) is 6.48 Å². The van der Waals surface area contributed by atoms with Gasteiger partial charge >= 0.3 is 0 Å². The Labute approximate surface area is 261 Å². The van der Waals surface area contributed by atoms with E-state index in [1.54, 1.807) is 0 Å². The van der Waals surface area contributed by atoms with Crippen LogP contribution in [-0.2, 0) is 0 Å². The molecular formula is C40H29BrN2. The predicted molar refractivity (Wildman–Crippen MR) is 186 cm³/mol. The van der Waals surface area contributed by atoms with E-state index in [1.165, 1.54) is 21.9 Å². The van der Waals surface area contributed by atoms with Crippen molar-refractivity contribution in [2.45, 2.75) is 0 Å². The van der Waals surface area contributed by atoms with Crippen LogP contribution in [0.15, 0.2) is 180 Å². The molecule has 7 rings (SSSR count). The average molecular weight is 618 g/mol. The summed E-state index contributed by atoms with van der Waals surface area (Å²) in [6.45, 7) is 0. The number of para-hydroxylation sites is 3. The van der Waals surface area contributed by atoms with Crippen molar-refractivity contribution in [2.75, 3.05) is 9.80 Å². The summed E-state index contributed by atoms with van der Waals surface area (Å²) < 4.78 is 1.01. The van der Waals surface area contributed by atoms with E-state index in [-0.39, 0.29) is 0 Å². The Morgan fingerprint density at radius 3 is 1.28 bits per heavy atom. The lowest BCUT2D eigenvalue weighted by molar-refractivity contribution is 1.25. The van der Waals surface area contributed by atoms with Crippen molar-refractivity contribution in [3.63, 3.8) is 0 Å². The summed E-state index contributed by atoms with van der Waals surface area (Å²) in [4.78, 5) is 4.62. The van der Waals surface area contributed by atoms with Crippen molar-refractivity contribution in [1.29, 1.82) is 0 Å². The van der Waals surface area contributed by atoms with Crippen molar-refractivity contribution in [3.05, 3.63) is 180 Å². The molecule has 0 atom stereocenters. The van der Waals surface area contributed by atoms with Crippen LogP contribution < -0.4 is 9.80 Å². The van der Waals surface area contributed by atoms with Gasteiger partial charge in [-0.05, 0) is 94.7 Å². The average Bonchev–Trinajstić information content (AvgIpc) is 3.06. The molecule has 0 aromatic heterocycles. The molecule has 0 N–H and O–H groups in total. The van der Waals surface area contributed by atoms with Crippen molar-refractivity contribution in [2.24, 2.45) is 0 Å². The van der Waals surface area contributed by atoms with Crippen LogP contribution in [-0.4, -0.2) is 0 Å². The van der Waals surface area contributed by atoms with Gasteiger partial charge in [0.15, 0.2) is 0 Å². The number of halogens is 1. The summed E-state index contributed by atoms with van der Waals surface area (Å²) in [6, 6.07) is 62.2. The second-order valence-electron chi connectivity index (χ2n) is 10.5. The minimum absolute atomic E-state index is 1.01. The van der Waals surface area contributed by atoms with Crippen molar-refractivity contribution in [1.82, 2.24) is 0 Å². The standard InChI is InChI=1S/C40H29BrN2/c41-34-27-39(42(35-15-7-2-8-16-35)36-17-9-3-10-18-36)29-40(28-34)43(37-19-11-4-12-20-37)38-24-23-32-25-31(21-22-33(32)26-38)30-13-5-1-6-14-30/h1-29H. The first-order valence-corrected chi connectivity index (χ1v) is 15.2. The summed E-state index contributed by atoms with van der Waals surface area (Å²) in [5.41, 5.74) is 8.97. The number of benzene rings is 7. The zero-order valence-electron chi connectivity index (χ0n) is 23.5. The Hall–Kier alpha value is -5.12. The second-order valence-corrected chi connectivity index (χ2v) is 11.4. The zero-order chi connectivity index (χ0) is 29.0. The van der Waals surface area contributed by atoms with Gasteiger partial charge in [0.2, 0.25) is 0 Å². The molecule has 43 heavy (non-hydrogen) atoms. The molecule has 2 nitrogen and oxygen atoms in total. The Morgan fingerprint density at radius 2 is 0.744 bits per heavy atom. The van der Waals surface area contributed by atoms with Gasteiger partial charge in [0.05, 0.1) is 0 Å². The Morgan fingerprint density at radius 1 is 0.302 bits per heavy atom. The number of fused-ring (bicyclic) bond motifs is 1. The molecular weight excluding hydrogens is 588 g/mol. The second kappa shape index (κ2) is 12.0. The number of rotatable bonds is 7. The molecule has 0 aliphatic carbocycles. The smallest absolute Gasteiger partial charge is 0.0493 e. The highest BCUT2D eigenvalue weighted by Gasteiger charge is 2.18. The molecule has 0 aliphatic rings. The van der Waals surface area contributed by atoms with Gasteiger partial charge < -0.3 is 9.80 Å². The molecule has 0 bridgehead atoms. The van der Waals surface area contributed by atoms with E-state index in [0.29, 0.717) is 0 Å². The van der Waals surface area contributed by atoms with Crippen molar-refractivity contribution in [3.8, 4) is 11.1 Å². The first-order chi connectivity index (χ1) is 21.2. The summed E-state index contributed by atoms with van der Waals surface area (Å²) in [6.07, 6.45) is 0. The van der Waals surface area contributed by atoms with Crippen LogP contribution in [0.1, 0.15) is 0 Å². The van der Waals surface area contributed by atoms with Crippen LogP contribution in [0.25, 0.3) is 21.9 Å². The summed E-state index contributed by atoms with van der Waals surface area (Å²) in [7, 11) is 0. The number of hydrogen-bond donors (Lipinski definition) is 0. The Kier molecular flexibility index (Phi) is 7.47. The van der Waals surface area contributed by atoms with Gasteiger partial charge in [-0.15, -0.1) is 0 Å². The molecule has 0 aliphatic heterocycles. The van der Waals surface area contributed by atoms with E-state index in [1.807, 2.05) is 0 Å². The molecule has 206 valence electrons. The molecule has 3 heteroatoms. The fourth-order valence-electron chi connectivity index (χ4n) is 5.63. The van der Waals surface area contributed by atoms with Crippen LogP contribution in [0.3, 0.4) is 0 Å². The van der Waals surface area contributed by atoms with Gasteiger partial charge in [-0.2, -0.15) is 0 Å². The molecule has 0 heterocycles. The quantitative estimate of drug-likeness (QED) is 0.176. The lowest BCUT2D eigenvalue weighted by Gasteiger charge is -2.30.